The van der Waals surface area contributed by atoms with Crippen LogP contribution in [0.2, 0.25) is 5.02 Å². The number of halogens is 2. The summed E-state index contributed by atoms with van der Waals surface area (Å²) in [6.45, 7) is 5.46. The molecule has 39 heavy (non-hydrogen) atoms. The minimum absolute atomic E-state index is 0.0257. The van der Waals surface area contributed by atoms with Gasteiger partial charge in [0.1, 0.15) is 36.3 Å². The summed E-state index contributed by atoms with van der Waals surface area (Å²) in [5, 5.41) is 8.13. The summed E-state index contributed by atoms with van der Waals surface area (Å²) < 4.78 is 27.6. The van der Waals surface area contributed by atoms with Gasteiger partial charge < -0.3 is 14.5 Å². The van der Waals surface area contributed by atoms with Crippen molar-refractivity contribution in [3.05, 3.63) is 88.2 Å². The van der Waals surface area contributed by atoms with Crippen molar-refractivity contribution in [2.45, 2.75) is 39.8 Å². The third-order valence-corrected chi connectivity index (χ3v) is 6.73. The normalized spacial score (nSPS) is 12.1. The van der Waals surface area contributed by atoms with Crippen molar-refractivity contribution in [3.63, 3.8) is 0 Å². The second kappa shape index (κ2) is 10.8. The average molecular weight is 549 g/mol. The molecule has 11 heteroatoms. The van der Waals surface area contributed by atoms with E-state index in [1.165, 1.54) is 24.7 Å². The molecular weight excluding hydrogens is 523 g/mol. The number of pyridine rings is 1. The summed E-state index contributed by atoms with van der Waals surface area (Å²) in [5.41, 5.74) is 3.52. The van der Waals surface area contributed by atoms with Crippen LogP contribution < -0.4 is 10.1 Å². The Morgan fingerprint density at radius 3 is 2.74 bits per heavy atom. The van der Waals surface area contributed by atoms with E-state index in [0.717, 1.165) is 16.6 Å². The second-order valence-electron chi connectivity index (χ2n) is 9.10. The molecule has 0 unspecified atom stereocenters. The van der Waals surface area contributed by atoms with Gasteiger partial charge >= 0.3 is 0 Å². The second-order valence-corrected chi connectivity index (χ2v) is 9.51. The number of benzene rings is 2. The van der Waals surface area contributed by atoms with Crippen LogP contribution in [0.3, 0.4) is 0 Å². The van der Waals surface area contributed by atoms with Crippen LogP contribution in [0.4, 0.5) is 4.39 Å². The standard InChI is InChI=1S/C28H26ClFN6O3/c1-5-23(35-28(37)24-13-38-16(3)34-24)19-10-17(30)11-22(29)21(19)12-39-25-8-6-7-18-20(9-15(2)33-26(18)25)27-31-14-32-36(27)4/h6-11,13-14,23H,5,12H2,1-4H3,(H,35,37)/t23-/m0/s1. The summed E-state index contributed by atoms with van der Waals surface area (Å²) in [7, 11) is 1.83. The number of carbonyl (C=O) groups excluding carboxylic acids is 1. The lowest BCUT2D eigenvalue weighted by molar-refractivity contribution is 0.0930. The van der Waals surface area contributed by atoms with Gasteiger partial charge in [-0.25, -0.2) is 24.0 Å². The molecule has 0 aliphatic carbocycles. The zero-order chi connectivity index (χ0) is 27.7. The third-order valence-electron chi connectivity index (χ3n) is 6.39. The Morgan fingerprint density at radius 1 is 1.23 bits per heavy atom. The van der Waals surface area contributed by atoms with Gasteiger partial charge in [-0.2, -0.15) is 5.10 Å². The molecule has 1 amide bonds. The van der Waals surface area contributed by atoms with Gasteiger partial charge in [-0.05, 0) is 43.2 Å². The molecule has 0 spiro atoms. The fourth-order valence-corrected chi connectivity index (χ4v) is 4.80. The van der Waals surface area contributed by atoms with Crippen LogP contribution >= 0.6 is 11.6 Å². The lowest BCUT2D eigenvalue weighted by Crippen LogP contribution is -2.29. The van der Waals surface area contributed by atoms with E-state index in [-0.39, 0.29) is 17.3 Å². The number of aryl methyl sites for hydroxylation is 3. The molecule has 9 nitrogen and oxygen atoms in total. The molecule has 1 atom stereocenters. The predicted molar refractivity (Wildman–Crippen MR) is 144 cm³/mol. The summed E-state index contributed by atoms with van der Waals surface area (Å²) in [4.78, 5) is 26.0. The van der Waals surface area contributed by atoms with Gasteiger partial charge in [0.05, 0.1) is 11.1 Å². The first-order chi connectivity index (χ1) is 18.7. The van der Waals surface area contributed by atoms with Crippen molar-refractivity contribution in [2.75, 3.05) is 0 Å². The quantitative estimate of drug-likeness (QED) is 0.257. The van der Waals surface area contributed by atoms with Gasteiger partial charge in [-0.3, -0.25) is 4.79 Å². The molecule has 200 valence electrons. The first kappa shape index (κ1) is 26.3. The van der Waals surface area contributed by atoms with Crippen LogP contribution in [-0.4, -0.2) is 30.6 Å². The SMILES string of the molecule is CC[C@H](NC(=O)c1coc(C)n1)c1cc(F)cc(Cl)c1COc1cccc2c(-c3ncnn3C)cc(C)nc12. The lowest BCUT2D eigenvalue weighted by atomic mass is 9.98. The molecule has 1 N–H and O–H groups in total. The number of ether oxygens (including phenoxy) is 1. The van der Waals surface area contributed by atoms with Crippen LogP contribution in [-0.2, 0) is 13.7 Å². The molecule has 0 bridgehead atoms. The highest BCUT2D eigenvalue weighted by Crippen LogP contribution is 2.34. The van der Waals surface area contributed by atoms with E-state index in [0.29, 0.717) is 40.5 Å². The molecular formula is C28H26ClFN6O3. The number of hydrogen-bond acceptors (Lipinski definition) is 7. The fraction of sp³-hybridized carbons (Fsp3) is 0.250. The van der Waals surface area contributed by atoms with E-state index in [2.05, 4.69) is 20.4 Å². The van der Waals surface area contributed by atoms with Crippen LogP contribution in [0.15, 0.2) is 53.4 Å². The zero-order valence-corrected chi connectivity index (χ0v) is 22.6. The highest BCUT2D eigenvalue weighted by Gasteiger charge is 2.23. The predicted octanol–water partition coefficient (Wildman–Crippen LogP) is 5.89. The molecule has 0 saturated heterocycles. The van der Waals surface area contributed by atoms with Crippen molar-refractivity contribution in [1.82, 2.24) is 30.0 Å². The fourth-order valence-electron chi connectivity index (χ4n) is 4.53. The number of para-hydroxylation sites is 1. The maximum atomic E-state index is 14.5. The Labute approximate surface area is 229 Å². The Balaban J connectivity index is 1.49. The molecule has 0 aliphatic rings. The number of oxazole rings is 1. The topological polar surface area (TPSA) is 108 Å². The van der Waals surface area contributed by atoms with Gasteiger partial charge in [-0.15, -0.1) is 0 Å². The van der Waals surface area contributed by atoms with E-state index in [9.17, 15) is 9.18 Å². The number of hydrogen-bond donors (Lipinski definition) is 1. The summed E-state index contributed by atoms with van der Waals surface area (Å²) in [6, 6.07) is 9.65. The largest absolute Gasteiger partial charge is 0.487 e. The van der Waals surface area contributed by atoms with Gasteiger partial charge in [0.2, 0.25) is 0 Å². The Bertz CT molecular complexity index is 1680. The van der Waals surface area contributed by atoms with Crippen LogP contribution in [0.5, 0.6) is 5.75 Å². The maximum absolute atomic E-state index is 14.5. The smallest absolute Gasteiger partial charge is 0.273 e. The highest BCUT2D eigenvalue weighted by molar-refractivity contribution is 6.31. The number of rotatable bonds is 8. The van der Waals surface area contributed by atoms with Gasteiger partial charge in [0.25, 0.3) is 5.91 Å². The number of amides is 1. The molecule has 0 saturated carbocycles. The molecule has 2 aromatic carbocycles. The summed E-state index contributed by atoms with van der Waals surface area (Å²) >= 11 is 6.52. The highest BCUT2D eigenvalue weighted by atomic mass is 35.5. The van der Waals surface area contributed by atoms with Gasteiger partial charge in [-0.1, -0.05) is 30.7 Å². The van der Waals surface area contributed by atoms with Crippen LogP contribution in [0, 0.1) is 19.7 Å². The van der Waals surface area contributed by atoms with Crippen LogP contribution in [0.1, 0.15) is 52.6 Å². The number of carbonyl (C=O) groups is 1. The van der Waals surface area contributed by atoms with E-state index in [4.69, 9.17) is 25.7 Å². The summed E-state index contributed by atoms with van der Waals surface area (Å²) in [5.74, 6) is 0.657. The maximum Gasteiger partial charge on any atom is 0.273 e. The first-order valence-corrected chi connectivity index (χ1v) is 12.7. The Hall–Kier alpha value is -4.31. The monoisotopic (exact) mass is 548 g/mol. The Kier molecular flexibility index (Phi) is 7.30. The van der Waals surface area contributed by atoms with E-state index in [1.54, 1.807) is 11.6 Å². The molecule has 0 radical (unpaired) electrons. The zero-order valence-electron chi connectivity index (χ0n) is 21.8. The third kappa shape index (κ3) is 5.33. The number of aromatic nitrogens is 5. The molecule has 0 fully saturated rings. The van der Waals surface area contributed by atoms with E-state index >= 15 is 0 Å². The van der Waals surface area contributed by atoms with Crippen LogP contribution in [0.25, 0.3) is 22.3 Å². The lowest BCUT2D eigenvalue weighted by Gasteiger charge is -2.22. The molecule has 5 rings (SSSR count). The van der Waals surface area contributed by atoms with Crippen molar-refractivity contribution in [3.8, 4) is 17.1 Å². The number of nitrogens with zero attached hydrogens (tertiary/aromatic N) is 5. The minimum Gasteiger partial charge on any atom is -0.487 e. The average Bonchev–Trinajstić information content (AvgIpc) is 3.54. The molecule has 0 aliphatic heterocycles. The minimum atomic E-state index is -0.545. The summed E-state index contributed by atoms with van der Waals surface area (Å²) in [6.07, 6.45) is 3.26. The van der Waals surface area contributed by atoms with Crippen molar-refractivity contribution in [2.24, 2.45) is 7.05 Å². The number of fused-ring (bicyclic) bond motifs is 1. The van der Waals surface area contributed by atoms with E-state index < -0.39 is 17.8 Å². The molecule has 3 heterocycles. The number of nitrogens with one attached hydrogen (secondary N) is 1. The molecule has 3 aromatic heterocycles. The molecule has 5 aromatic rings. The van der Waals surface area contributed by atoms with Crippen molar-refractivity contribution < 1.29 is 18.3 Å². The van der Waals surface area contributed by atoms with E-state index in [1.807, 2.05) is 45.2 Å². The Morgan fingerprint density at radius 2 is 2.05 bits per heavy atom. The van der Waals surface area contributed by atoms with Gasteiger partial charge in [0.15, 0.2) is 17.4 Å². The first-order valence-electron chi connectivity index (χ1n) is 12.3. The van der Waals surface area contributed by atoms with Crippen molar-refractivity contribution in [1.29, 1.82) is 0 Å². The van der Waals surface area contributed by atoms with Crippen molar-refractivity contribution >= 4 is 28.4 Å². The van der Waals surface area contributed by atoms with Gasteiger partial charge in [0, 0.05) is 36.2 Å².